The molecule has 0 radical (unpaired) electrons. The zero-order valence-electron chi connectivity index (χ0n) is 11.1. The summed E-state index contributed by atoms with van der Waals surface area (Å²) in [6.45, 7) is 3.97. The zero-order valence-corrected chi connectivity index (χ0v) is 12.0. The van der Waals surface area contributed by atoms with Gasteiger partial charge in [-0.25, -0.2) is 0 Å². The van der Waals surface area contributed by atoms with Crippen molar-refractivity contribution in [2.24, 2.45) is 0 Å². The third kappa shape index (κ3) is 2.53. The number of rotatable bonds is 4. The molecule has 2 aromatic rings. The summed E-state index contributed by atoms with van der Waals surface area (Å²) in [4.78, 5) is 0. The van der Waals surface area contributed by atoms with Gasteiger partial charge in [-0.15, -0.1) is 0 Å². The number of likely N-dealkylation sites (N-methyl/N-ethyl adjacent to an activating group) is 1. The fourth-order valence-electron chi connectivity index (χ4n) is 2.88. The van der Waals surface area contributed by atoms with Gasteiger partial charge in [-0.1, -0.05) is 25.1 Å². The van der Waals surface area contributed by atoms with E-state index in [2.05, 4.69) is 47.3 Å². The Balaban J connectivity index is 1.96. The van der Waals surface area contributed by atoms with E-state index in [0.717, 1.165) is 25.3 Å². The van der Waals surface area contributed by atoms with Gasteiger partial charge in [0.05, 0.1) is 6.61 Å². The Bertz CT molecular complexity index is 523. The normalized spacial score (nSPS) is 19.5. The minimum absolute atomic E-state index is 0.390. The molecular weight excluding hydrogens is 254 g/mol. The lowest BCUT2D eigenvalue weighted by molar-refractivity contribution is 0.246. The summed E-state index contributed by atoms with van der Waals surface area (Å²) < 4.78 is 5.77. The second-order valence-corrected chi connectivity index (χ2v) is 5.65. The van der Waals surface area contributed by atoms with E-state index >= 15 is 0 Å². The van der Waals surface area contributed by atoms with Crippen molar-refractivity contribution >= 4 is 11.3 Å². The van der Waals surface area contributed by atoms with Crippen LogP contribution >= 0.6 is 11.3 Å². The summed E-state index contributed by atoms with van der Waals surface area (Å²) >= 11 is 1.77. The molecule has 0 aliphatic carbocycles. The van der Waals surface area contributed by atoms with Crippen LogP contribution in [0.3, 0.4) is 0 Å². The molecular formula is C16H19NOS. The molecule has 3 heteroatoms. The fraction of sp³-hybridized carbons (Fsp3) is 0.375. The summed E-state index contributed by atoms with van der Waals surface area (Å²) in [6, 6.07) is 11.1. The van der Waals surface area contributed by atoms with E-state index in [4.69, 9.17) is 4.74 Å². The third-order valence-electron chi connectivity index (χ3n) is 3.73. The molecule has 2 unspecified atom stereocenters. The maximum atomic E-state index is 5.77. The number of benzene rings is 1. The zero-order chi connectivity index (χ0) is 13.1. The molecule has 1 aliphatic heterocycles. The first-order chi connectivity index (χ1) is 9.40. The Morgan fingerprint density at radius 2 is 2.26 bits per heavy atom. The Morgan fingerprint density at radius 1 is 1.37 bits per heavy atom. The van der Waals surface area contributed by atoms with E-state index in [1.807, 2.05) is 6.07 Å². The Morgan fingerprint density at radius 3 is 3.05 bits per heavy atom. The van der Waals surface area contributed by atoms with E-state index < -0.39 is 0 Å². The number of nitrogens with one attached hydrogen (secondary N) is 1. The van der Waals surface area contributed by atoms with Crippen LogP contribution < -0.4 is 10.1 Å². The number of para-hydroxylation sites is 1. The van der Waals surface area contributed by atoms with Crippen LogP contribution in [0, 0.1) is 0 Å². The average molecular weight is 273 g/mol. The molecule has 1 aliphatic rings. The molecule has 0 amide bonds. The smallest absolute Gasteiger partial charge is 0.122 e. The Hall–Kier alpha value is -1.32. The summed E-state index contributed by atoms with van der Waals surface area (Å²) in [5.41, 5.74) is 2.74. The van der Waals surface area contributed by atoms with Gasteiger partial charge in [0.25, 0.3) is 0 Å². The molecule has 1 N–H and O–H groups in total. The topological polar surface area (TPSA) is 21.3 Å². The fourth-order valence-corrected chi connectivity index (χ4v) is 3.58. The summed E-state index contributed by atoms with van der Waals surface area (Å²) in [6.07, 6.45) is 1.07. The average Bonchev–Trinajstić information content (AvgIpc) is 2.98. The van der Waals surface area contributed by atoms with E-state index in [0.29, 0.717) is 12.0 Å². The van der Waals surface area contributed by atoms with Gasteiger partial charge in [-0.3, -0.25) is 0 Å². The van der Waals surface area contributed by atoms with E-state index in [1.54, 1.807) is 11.3 Å². The molecule has 3 rings (SSSR count). The van der Waals surface area contributed by atoms with E-state index in [1.165, 1.54) is 11.1 Å². The quantitative estimate of drug-likeness (QED) is 0.910. The van der Waals surface area contributed by atoms with Crippen molar-refractivity contribution in [3.8, 4) is 5.75 Å². The molecule has 2 nitrogen and oxygen atoms in total. The van der Waals surface area contributed by atoms with Gasteiger partial charge in [0.1, 0.15) is 5.75 Å². The largest absolute Gasteiger partial charge is 0.493 e. The van der Waals surface area contributed by atoms with Crippen molar-refractivity contribution in [2.75, 3.05) is 13.2 Å². The van der Waals surface area contributed by atoms with Crippen LogP contribution in [-0.2, 0) is 0 Å². The molecule has 1 aromatic heterocycles. The minimum Gasteiger partial charge on any atom is -0.493 e. The molecule has 2 heterocycles. The van der Waals surface area contributed by atoms with Gasteiger partial charge in [0, 0.05) is 12.0 Å². The summed E-state index contributed by atoms with van der Waals surface area (Å²) in [5.74, 6) is 1.55. The first kappa shape index (κ1) is 12.7. The number of thiophene rings is 1. The molecule has 100 valence electrons. The van der Waals surface area contributed by atoms with Crippen molar-refractivity contribution in [1.29, 1.82) is 0 Å². The van der Waals surface area contributed by atoms with Crippen molar-refractivity contribution in [3.05, 3.63) is 52.2 Å². The monoisotopic (exact) mass is 273 g/mol. The molecule has 0 spiro atoms. The lowest BCUT2D eigenvalue weighted by Crippen LogP contribution is -2.30. The number of ether oxygens (including phenoxy) is 1. The van der Waals surface area contributed by atoms with Crippen LogP contribution in [0.4, 0.5) is 0 Å². The molecule has 19 heavy (non-hydrogen) atoms. The van der Waals surface area contributed by atoms with Crippen LogP contribution in [-0.4, -0.2) is 13.2 Å². The lowest BCUT2D eigenvalue weighted by Gasteiger charge is -2.32. The van der Waals surface area contributed by atoms with Gasteiger partial charge >= 0.3 is 0 Å². The number of hydrogen-bond donors (Lipinski definition) is 1. The first-order valence-electron chi connectivity index (χ1n) is 6.87. The minimum atomic E-state index is 0.390. The van der Waals surface area contributed by atoms with E-state index in [-0.39, 0.29) is 0 Å². The molecule has 0 saturated heterocycles. The van der Waals surface area contributed by atoms with Crippen molar-refractivity contribution in [1.82, 2.24) is 5.32 Å². The van der Waals surface area contributed by atoms with Crippen LogP contribution in [0.25, 0.3) is 0 Å². The standard InChI is InChI=1S/C16H19NOS/c1-2-17-16(12-8-10-19-11-12)14-7-9-18-15-6-4-3-5-13(14)15/h3-6,8,10-11,14,16-17H,2,7,9H2,1H3. The maximum absolute atomic E-state index is 5.77. The highest BCUT2D eigenvalue weighted by Crippen LogP contribution is 2.41. The van der Waals surface area contributed by atoms with Gasteiger partial charge in [0.15, 0.2) is 0 Å². The van der Waals surface area contributed by atoms with Gasteiger partial charge < -0.3 is 10.1 Å². The number of hydrogen-bond acceptors (Lipinski definition) is 3. The third-order valence-corrected chi connectivity index (χ3v) is 4.44. The Labute approximate surface area is 118 Å². The predicted molar refractivity (Wildman–Crippen MR) is 80.0 cm³/mol. The number of fused-ring (bicyclic) bond motifs is 1. The van der Waals surface area contributed by atoms with Crippen molar-refractivity contribution in [3.63, 3.8) is 0 Å². The predicted octanol–water partition coefficient (Wildman–Crippen LogP) is 3.97. The van der Waals surface area contributed by atoms with Gasteiger partial charge in [0.2, 0.25) is 0 Å². The molecule has 0 fully saturated rings. The highest BCUT2D eigenvalue weighted by atomic mass is 32.1. The van der Waals surface area contributed by atoms with Crippen LogP contribution in [0.1, 0.15) is 36.4 Å². The van der Waals surface area contributed by atoms with Crippen LogP contribution in [0.15, 0.2) is 41.1 Å². The SMILES string of the molecule is CCNC(c1ccsc1)C1CCOc2ccccc21. The highest BCUT2D eigenvalue weighted by Gasteiger charge is 2.29. The maximum Gasteiger partial charge on any atom is 0.122 e. The molecule has 2 atom stereocenters. The first-order valence-corrected chi connectivity index (χ1v) is 7.81. The molecule has 0 bridgehead atoms. The van der Waals surface area contributed by atoms with Crippen LogP contribution in [0.2, 0.25) is 0 Å². The Kier molecular flexibility index (Phi) is 3.85. The lowest BCUT2D eigenvalue weighted by atomic mass is 9.84. The van der Waals surface area contributed by atoms with Gasteiger partial charge in [-0.2, -0.15) is 11.3 Å². The summed E-state index contributed by atoms with van der Waals surface area (Å²) in [7, 11) is 0. The van der Waals surface area contributed by atoms with Crippen LogP contribution in [0.5, 0.6) is 5.75 Å². The summed E-state index contributed by atoms with van der Waals surface area (Å²) in [5, 5.41) is 8.06. The second-order valence-electron chi connectivity index (χ2n) is 4.87. The van der Waals surface area contributed by atoms with Gasteiger partial charge in [-0.05, 0) is 47.0 Å². The molecule has 1 aromatic carbocycles. The highest BCUT2D eigenvalue weighted by molar-refractivity contribution is 7.07. The molecule has 0 saturated carbocycles. The second kappa shape index (κ2) is 5.76. The van der Waals surface area contributed by atoms with Crippen molar-refractivity contribution in [2.45, 2.75) is 25.3 Å². The van der Waals surface area contributed by atoms with Crippen molar-refractivity contribution < 1.29 is 4.74 Å². The van der Waals surface area contributed by atoms with E-state index in [9.17, 15) is 0 Å².